The van der Waals surface area contributed by atoms with Gasteiger partial charge < -0.3 is 10.1 Å². The zero-order valence-electron chi connectivity index (χ0n) is 13.2. The van der Waals surface area contributed by atoms with E-state index in [1.165, 1.54) is 0 Å². The van der Waals surface area contributed by atoms with Crippen molar-refractivity contribution < 1.29 is 22.7 Å². The second-order valence-electron chi connectivity index (χ2n) is 6.05. The van der Waals surface area contributed by atoms with E-state index in [-0.39, 0.29) is 35.9 Å². The summed E-state index contributed by atoms with van der Waals surface area (Å²) in [7, 11) is -2.97. The molecular weight excluding hydrogens is 318 g/mol. The number of hydrogen-bond donors (Lipinski definition) is 1. The number of rotatable bonds is 5. The van der Waals surface area contributed by atoms with Crippen molar-refractivity contribution >= 4 is 27.4 Å². The van der Waals surface area contributed by atoms with Crippen LogP contribution in [0.4, 0.5) is 5.69 Å². The molecule has 7 heteroatoms. The molecular formula is C16H21NO5S. The zero-order valence-corrected chi connectivity index (χ0v) is 14.1. The maximum Gasteiger partial charge on any atom is 0.338 e. The average Bonchev–Trinajstić information content (AvgIpc) is 2.77. The quantitative estimate of drug-likeness (QED) is 0.829. The Labute approximate surface area is 136 Å². The number of carbonyl (C=O) groups excluding carboxylic acids is 2. The van der Waals surface area contributed by atoms with E-state index in [4.69, 9.17) is 4.74 Å². The smallest absolute Gasteiger partial charge is 0.338 e. The first-order chi connectivity index (χ1) is 10.7. The molecule has 23 heavy (non-hydrogen) atoms. The molecule has 0 aromatic heterocycles. The predicted octanol–water partition coefficient (Wildman–Crippen LogP) is 2.02. The van der Waals surface area contributed by atoms with Crippen LogP contribution in [0.25, 0.3) is 0 Å². The van der Waals surface area contributed by atoms with E-state index < -0.39 is 15.8 Å². The van der Waals surface area contributed by atoms with Gasteiger partial charge in [0.15, 0.2) is 9.84 Å². The highest BCUT2D eigenvalue weighted by molar-refractivity contribution is 7.91. The third-order valence-electron chi connectivity index (χ3n) is 3.55. The van der Waals surface area contributed by atoms with Gasteiger partial charge in [0.05, 0.1) is 23.2 Å². The topological polar surface area (TPSA) is 89.5 Å². The number of nitrogens with one attached hydrogen (secondary N) is 1. The van der Waals surface area contributed by atoms with Gasteiger partial charge in [0.1, 0.15) is 0 Å². The number of anilines is 1. The summed E-state index contributed by atoms with van der Waals surface area (Å²) in [5.41, 5.74) is 0.982. The van der Waals surface area contributed by atoms with Crippen molar-refractivity contribution in [2.75, 3.05) is 16.8 Å². The van der Waals surface area contributed by atoms with E-state index in [0.29, 0.717) is 17.7 Å². The van der Waals surface area contributed by atoms with E-state index in [0.717, 1.165) is 0 Å². The van der Waals surface area contributed by atoms with Crippen LogP contribution in [0.1, 0.15) is 37.0 Å². The lowest BCUT2D eigenvalue weighted by Gasteiger charge is -2.10. The van der Waals surface area contributed by atoms with Gasteiger partial charge in [-0.3, -0.25) is 4.79 Å². The Bertz CT molecular complexity index is 679. The fourth-order valence-corrected chi connectivity index (χ4v) is 4.34. The Morgan fingerprint density at radius 3 is 2.43 bits per heavy atom. The maximum absolute atomic E-state index is 11.9. The second-order valence-corrected chi connectivity index (χ2v) is 8.28. The highest BCUT2D eigenvalue weighted by atomic mass is 32.2. The molecule has 1 aromatic carbocycles. The number of benzene rings is 1. The van der Waals surface area contributed by atoms with Crippen LogP contribution in [0.5, 0.6) is 0 Å². The molecule has 1 fully saturated rings. The summed E-state index contributed by atoms with van der Waals surface area (Å²) in [6.45, 7) is 3.55. The van der Waals surface area contributed by atoms with Crippen molar-refractivity contribution in [3.05, 3.63) is 29.8 Å². The van der Waals surface area contributed by atoms with Crippen LogP contribution in [0, 0.1) is 5.92 Å². The summed E-state index contributed by atoms with van der Waals surface area (Å²) in [5.74, 6) is -0.489. The molecule has 1 unspecified atom stereocenters. The second kappa shape index (κ2) is 7.12. The lowest BCUT2D eigenvalue weighted by Crippen LogP contribution is -2.17. The standard InChI is InChI=1S/C16H21NO5S/c1-11(2)22-16(19)13-3-5-14(6-4-13)17-15(18)9-12-7-8-23(20,21)10-12/h3-6,11-12H,7-10H2,1-2H3,(H,17,18). The van der Waals surface area contributed by atoms with Crippen molar-refractivity contribution in [3.63, 3.8) is 0 Å². The summed E-state index contributed by atoms with van der Waals surface area (Å²) in [5, 5.41) is 2.72. The van der Waals surface area contributed by atoms with Crippen LogP contribution in [0.2, 0.25) is 0 Å². The van der Waals surface area contributed by atoms with Crippen LogP contribution in [-0.4, -0.2) is 37.9 Å². The molecule has 0 saturated carbocycles. The van der Waals surface area contributed by atoms with Gasteiger partial charge in [0, 0.05) is 12.1 Å². The van der Waals surface area contributed by atoms with Gasteiger partial charge in [-0.2, -0.15) is 0 Å². The van der Waals surface area contributed by atoms with Gasteiger partial charge >= 0.3 is 5.97 Å². The van der Waals surface area contributed by atoms with Crippen LogP contribution in [-0.2, 0) is 19.4 Å². The highest BCUT2D eigenvalue weighted by Gasteiger charge is 2.29. The maximum atomic E-state index is 11.9. The third kappa shape index (κ3) is 5.35. The van der Waals surface area contributed by atoms with Gasteiger partial charge in [-0.25, -0.2) is 13.2 Å². The molecule has 1 saturated heterocycles. The number of ether oxygens (including phenoxy) is 1. The fourth-order valence-electron chi connectivity index (χ4n) is 2.48. The number of sulfone groups is 1. The van der Waals surface area contributed by atoms with Crippen LogP contribution in [0.15, 0.2) is 24.3 Å². The molecule has 0 radical (unpaired) electrons. The van der Waals surface area contributed by atoms with Crippen LogP contribution < -0.4 is 5.32 Å². The summed E-state index contributed by atoms with van der Waals surface area (Å²) >= 11 is 0. The van der Waals surface area contributed by atoms with Gasteiger partial charge in [-0.05, 0) is 50.5 Å². The molecule has 1 aliphatic heterocycles. The summed E-state index contributed by atoms with van der Waals surface area (Å²) in [4.78, 5) is 23.7. The van der Waals surface area contributed by atoms with Crippen LogP contribution in [0.3, 0.4) is 0 Å². The van der Waals surface area contributed by atoms with E-state index in [1.54, 1.807) is 38.1 Å². The number of amides is 1. The Balaban J connectivity index is 1.88. The predicted molar refractivity (Wildman–Crippen MR) is 87.0 cm³/mol. The molecule has 1 heterocycles. The first kappa shape index (κ1) is 17.5. The number of carbonyl (C=O) groups is 2. The van der Waals surface area contributed by atoms with Gasteiger partial charge in [-0.15, -0.1) is 0 Å². The molecule has 6 nitrogen and oxygen atoms in total. The molecule has 1 N–H and O–H groups in total. The Morgan fingerprint density at radius 1 is 1.26 bits per heavy atom. The molecule has 1 atom stereocenters. The zero-order chi connectivity index (χ0) is 17.0. The summed E-state index contributed by atoms with van der Waals surface area (Å²) < 4.78 is 27.8. The number of hydrogen-bond acceptors (Lipinski definition) is 5. The molecule has 1 aliphatic rings. The van der Waals surface area contributed by atoms with Crippen LogP contribution >= 0.6 is 0 Å². The lowest BCUT2D eigenvalue weighted by atomic mass is 10.0. The minimum atomic E-state index is -2.97. The monoisotopic (exact) mass is 339 g/mol. The van der Waals surface area contributed by atoms with E-state index in [1.807, 2.05) is 0 Å². The lowest BCUT2D eigenvalue weighted by molar-refractivity contribution is -0.116. The van der Waals surface area contributed by atoms with E-state index >= 15 is 0 Å². The minimum absolute atomic E-state index is 0.0837. The largest absolute Gasteiger partial charge is 0.459 e. The van der Waals surface area contributed by atoms with Crippen molar-refractivity contribution in [2.45, 2.75) is 32.8 Å². The normalized spacial score (nSPS) is 19.5. The van der Waals surface area contributed by atoms with Gasteiger partial charge in [-0.1, -0.05) is 0 Å². The minimum Gasteiger partial charge on any atom is -0.459 e. The van der Waals surface area contributed by atoms with Crippen molar-refractivity contribution in [1.29, 1.82) is 0 Å². The van der Waals surface area contributed by atoms with Crippen molar-refractivity contribution in [1.82, 2.24) is 0 Å². The first-order valence-corrected chi connectivity index (χ1v) is 9.38. The Hall–Kier alpha value is -1.89. The molecule has 0 aliphatic carbocycles. The average molecular weight is 339 g/mol. The molecule has 0 spiro atoms. The van der Waals surface area contributed by atoms with Crippen molar-refractivity contribution in [3.8, 4) is 0 Å². The number of esters is 1. The molecule has 0 bridgehead atoms. The van der Waals surface area contributed by atoms with Crippen molar-refractivity contribution in [2.24, 2.45) is 5.92 Å². The van der Waals surface area contributed by atoms with Gasteiger partial charge in [0.25, 0.3) is 0 Å². The molecule has 126 valence electrons. The highest BCUT2D eigenvalue weighted by Crippen LogP contribution is 2.22. The Morgan fingerprint density at radius 2 is 1.91 bits per heavy atom. The van der Waals surface area contributed by atoms with E-state index in [2.05, 4.69) is 5.32 Å². The van der Waals surface area contributed by atoms with E-state index in [9.17, 15) is 18.0 Å². The first-order valence-electron chi connectivity index (χ1n) is 7.56. The fraction of sp³-hybridized carbons (Fsp3) is 0.500. The molecule has 2 rings (SSSR count). The summed E-state index contributed by atoms with van der Waals surface area (Å²) in [6.07, 6.45) is 0.538. The Kier molecular flexibility index (Phi) is 5.41. The molecule has 1 amide bonds. The van der Waals surface area contributed by atoms with Gasteiger partial charge in [0.2, 0.25) is 5.91 Å². The summed E-state index contributed by atoms with van der Waals surface area (Å²) in [6, 6.07) is 6.42. The SMILES string of the molecule is CC(C)OC(=O)c1ccc(NC(=O)CC2CCS(=O)(=O)C2)cc1. The molecule has 1 aromatic rings. The third-order valence-corrected chi connectivity index (χ3v) is 5.38.